The Morgan fingerprint density at radius 3 is 2.47 bits per heavy atom. The summed E-state index contributed by atoms with van der Waals surface area (Å²) in [5, 5.41) is 30.1. The summed E-state index contributed by atoms with van der Waals surface area (Å²) in [7, 11) is -4.29. The third kappa shape index (κ3) is 10.5. The molecule has 0 radical (unpaired) electrons. The molecule has 62 heavy (non-hydrogen) atoms. The van der Waals surface area contributed by atoms with E-state index in [1.54, 1.807) is 37.3 Å². The van der Waals surface area contributed by atoms with Crippen molar-refractivity contribution in [1.29, 1.82) is 0 Å². The number of ether oxygens (including phenoxy) is 4. The molecule has 0 aromatic heterocycles. The van der Waals surface area contributed by atoms with Gasteiger partial charge in [0.15, 0.2) is 0 Å². The minimum atomic E-state index is -4.29. The number of oxime groups is 1. The molecule has 7 unspecified atom stereocenters. The van der Waals surface area contributed by atoms with Crippen LogP contribution in [0.4, 0.5) is 10.5 Å². The summed E-state index contributed by atoms with van der Waals surface area (Å²) in [6.45, 7) is 10.2. The van der Waals surface area contributed by atoms with Gasteiger partial charge >= 0.3 is 6.09 Å². The molecule has 4 N–H and O–H groups in total. The van der Waals surface area contributed by atoms with Gasteiger partial charge in [0, 0.05) is 63.2 Å². The van der Waals surface area contributed by atoms with E-state index in [0.29, 0.717) is 74.6 Å². The molecule has 2 aromatic rings. The summed E-state index contributed by atoms with van der Waals surface area (Å²) in [5.41, 5.74) is 2.60. The van der Waals surface area contributed by atoms with Gasteiger partial charge in [0.05, 0.1) is 35.8 Å². The molecule has 2 heterocycles. The highest BCUT2D eigenvalue weighted by molar-refractivity contribution is 7.89. The quantitative estimate of drug-likeness (QED) is 0.0572. The lowest BCUT2D eigenvalue weighted by Crippen LogP contribution is -2.70. The Bertz CT molecular complexity index is 2020. The minimum Gasteiger partial charge on any atom is -0.460 e. The van der Waals surface area contributed by atoms with Crippen molar-refractivity contribution in [3.05, 3.63) is 72.3 Å². The van der Waals surface area contributed by atoms with Crippen LogP contribution in [0.1, 0.15) is 103 Å². The second-order valence-corrected chi connectivity index (χ2v) is 18.3. The van der Waals surface area contributed by atoms with Crippen molar-refractivity contribution < 1.29 is 52.0 Å². The summed E-state index contributed by atoms with van der Waals surface area (Å²) in [6.07, 6.45) is 9.83. The van der Waals surface area contributed by atoms with E-state index in [1.807, 2.05) is 13.0 Å². The first-order chi connectivity index (χ1) is 30.0. The molecule has 2 fully saturated rings. The number of nitrogens with zero attached hydrogens (tertiary/aromatic N) is 2. The van der Waals surface area contributed by atoms with E-state index in [-0.39, 0.29) is 61.3 Å². The highest BCUT2D eigenvalue weighted by Gasteiger charge is 2.66. The van der Waals surface area contributed by atoms with Crippen molar-refractivity contribution in [2.75, 3.05) is 44.8 Å². The molecule has 2 aromatic carbocycles. The number of benzene rings is 2. The number of carbonyl (C=O) groups excluding carboxylic acids is 2. The third-order valence-electron chi connectivity index (χ3n) is 12.2. The van der Waals surface area contributed by atoms with Crippen molar-refractivity contribution in [1.82, 2.24) is 9.62 Å². The molecular weight excluding hydrogens is 817 g/mol. The predicted octanol–water partition coefficient (Wildman–Crippen LogP) is 7.01. The monoisotopic (exact) mass is 880 g/mol. The van der Waals surface area contributed by atoms with Crippen LogP contribution < -0.4 is 20.1 Å². The molecule has 4 aliphatic rings. The molecule has 1 saturated carbocycles. The summed E-state index contributed by atoms with van der Waals surface area (Å²) in [6, 6.07) is 10.4. The van der Waals surface area contributed by atoms with Crippen LogP contribution in [0.3, 0.4) is 0 Å². The van der Waals surface area contributed by atoms with Gasteiger partial charge in [0.1, 0.15) is 11.5 Å². The summed E-state index contributed by atoms with van der Waals surface area (Å²) in [4.78, 5) is 30.8. The summed E-state index contributed by atoms with van der Waals surface area (Å²) < 4.78 is 57.8. The van der Waals surface area contributed by atoms with Crippen molar-refractivity contribution in [3.8, 4) is 11.5 Å². The van der Waals surface area contributed by atoms with E-state index in [0.717, 1.165) is 36.8 Å². The van der Waals surface area contributed by atoms with E-state index >= 15 is 8.42 Å². The highest BCUT2D eigenvalue weighted by Crippen LogP contribution is 2.62. The zero-order valence-corrected chi connectivity index (χ0v) is 37.1. The molecule has 15 nitrogen and oxygen atoms in total. The zero-order valence-electron chi connectivity index (χ0n) is 36.3. The number of nitrogens with one attached hydrogen (secondary N) is 2. The first-order valence-corrected chi connectivity index (χ1v) is 23.7. The van der Waals surface area contributed by atoms with E-state index in [2.05, 4.69) is 23.3 Å². The normalized spacial score (nSPS) is 26.1. The number of aliphatic hydroxyl groups is 2. The van der Waals surface area contributed by atoms with Crippen molar-refractivity contribution in [3.63, 3.8) is 0 Å². The molecule has 340 valence electrons. The van der Waals surface area contributed by atoms with Gasteiger partial charge < -0.3 is 44.6 Å². The zero-order chi connectivity index (χ0) is 44.3. The maximum Gasteiger partial charge on any atom is 0.412 e. The number of sulfonamides is 1. The fourth-order valence-corrected chi connectivity index (χ4v) is 11.3. The largest absolute Gasteiger partial charge is 0.460 e. The van der Waals surface area contributed by atoms with Crippen LogP contribution in [0, 0.1) is 17.8 Å². The number of anilines is 1. The SMILES string of the molecule is C=CCOC12Oc3ccc(OC(=O)NCC)cc3C3C(CCCCO)C(CCCCO)C=C(C(=NOC4CCCCO4)CC1N(CCC)S(=O)(=O)c1ccc(NC(C)=O)cc1)C32. The van der Waals surface area contributed by atoms with Crippen molar-refractivity contribution in [2.24, 2.45) is 22.9 Å². The number of allylic oxidation sites excluding steroid dienone is 1. The Hall–Kier alpha value is -4.32. The fraction of sp³-hybridized carbons (Fsp3) is 0.587. The Balaban J connectivity index is 1.61. The fourth-order valence-electron chi connectivity index (χ4n) is 9.60. The van der Waals surface area contributed by atoms with E-state index in [1.165, 1.54) is 23.4 Å². The molecule has 2 aliphatic heterocycles. The van der Waals surface area contributed by atoms with Crippen LogP contribution in [0.2, 0.25) is 0 Å². The van der Waals surface area contributed by atoms with Gasteiger partial charge in [-0.2, -0.15) is 4.31 Å². The number of aliphatic hydroxyl groups excluding tert-OH is 2. The molecule has 0 bridgehead atoms. The molecule has 2 aliphatic carbocycles. The lowest BCUT2D eigenvalue weighted by Gasteiger charge is -2.59. The van der Waals surface area contributed by atoms with Crippen LogP contribution in [0.25, 0.3) is 0 Å². The van der Waals surface area contributed by atoms with Crippen LogP contribution in [-0.4, -0.2) is 98.3 Å². The van der Waals surface area contributed by atoms with Gasteiger partial charge in [-0.3, -0.25) is 4.79 Å². The summed E-state index contributed by atoms with van der Waals surface area (Å²) >= 11 is 0. The molecule has 2 amide bonds. The second-order valence-electron chi connectivity index (χ2n) is 16.4. The molecule has 16 heteroatoms. The smallest absolute Gasteiger partial charge is 0.412 e. The maximum atomic E-state index is 15.2. The number of amides is 2. The standard InChI is InChI=1S/C46H64N4O11S/c1-5-23-50(62(55,56)35-20-17-33(18-21-35)48-31(4)53)41-30-39(49-61-42-16-10-13-27-57-42)37-28-32(14-8-11-24-51)36(15-9-12-25-52)43-38-29-34(59-45(54)47-7-3)19-22-40(38)60-46(41,44(37)43)58-26-6-2/h6,17-22,28-29,32,36,41-44,51-52H,2,5,7-16,23-27,30H2,1,3-4H3,(H,47,54)(H,48,53). The van der Waals surface area contributed by atoms with Crippen LogP contribution in [0.15, 0.2) is 76.8 Å². The van der Waals surface area contributed by atoms with E-state index in [4.69, 9.17) is 28.9 Å². The molecule has 6 rings (SSSR count). The van der Waals surface area contributed by atoms with Crippen molar-refractivity contribution >= 4 is 33.4 Å². The number of carbonyl (C=O) groups is 2. The Morgan fingerprint density at radius 2 is 1.81 bits per heavy atom. The molecule has 7 atom stereocenters. The lowest BCUT2D eigenvalue weighted by atomic mass is 9.55. The number of hydrogen-bond acceptors (Lipinski definition) is 12. The average Bonchev–Trinajstić information content (AvgIpc) is 3.26. The number of rotatable bonds is 21. The molecule has 1 saturated heterocycles. The van der Waals surface area contributed by atoms with Gasteiger partial charge in [-0.25, -0.2) is 13.2 Å². The third-order valence-corrected chi connectivity index (χ3v) is 14.1. The average molecular weight is 881 g/mol. The van der Waals surface area contributed by atoms with Gasteiger partial charge in [0.2, 0.25) is 28.0 Å². The predicted molar refractivity (Wildman–Crippen MR) is 234 cm³/mol. The number of unbranched alkanes of at least 4 members (excludes halogenated alkanes) is 2. The number of fused-ring (bicyclic) bond motifs is 2. The van der Waals surface area contributed by atoms with E-state index in [9.17, 15) is 19.8 Å². The minimum absolute atomic E-state index is 0.0278. The van der Waals surface area contributed by atoms with Crippen LogP contribution in [0.5, 0.6) is 11.5 Å². The first kappa shape index (κ1) is 47.2. The van der Waals surface area contributed by atoms with Gasteiger partial charge in [-0.05, 0) is 112 Å². The molecular formula is C46H64N4O11S. The highest BCUT2D eigenvalue weighted by atomic mass is 32.2. The lowest BCUT2D eigenvalue weighted by molar-refractivity contribution is -0.251. The van der Waals surface area contributed by atoms with E-state index < -0.39 is 40.2 Å². The number of hydrogen-bond donors (Lipinski definition) is 4. The first-order valence-electron chi connectivity index (χ1n) is 22.2. The Morgan fingerprint density at radius 1 is 1.05 bits per heavy atom. The van der Waals surface area contributed by atoms with Gasteiger partial charge in [-0.1, -0.05) is 37.1 Å². The van der Waals surface area contributed by atoms with Crippen LogP contribution in [-0.2, 0) is 29.1 Å². The second kappa shape index (κ2) is 21.8. The maximum absolute atomic E-state index is 15.2. The van der Waals surface area contributed by atoms with Crippen LogP contribution >= 0.6 is 0 Å². The Kier molecular flexibility index (Phi) is 16.6. The van der Waals surface area contributed by atoms with Crippen molar-refractivity contribution in [2.45, 2.75) is 120 Å². The Labute approximate surface area is 365 Å². The topological polar surface area (TPSA) is 195 Å². The van der Waals surface area contributed by atoms with Gasteiger partial charge in [0.25, 0.3) is 0 Å². The summed E-state index contributed by atoms with van der Waals surface area (Å²) in [5.74, 6) is -2.29. The van der Waals surface area contributed by atoms with Gasteiger partial charge in [-0.15, -0.1) is 6.58 Å². The molecule has 0 spiro atoms.